The molecule has 0 saturated carbocycles. The van der Waals surface area contributed by atoms with Crippen molar-refractivity contribution in [1.29, 1.82) is 0 Å². The zero-order chi connectivity index (χ0) is 14.4. The fourth-order valence-corrected chi connectivity index (χ4v) is 2.09. The summed E-state index contributed by atoms with van der Waals surface area (Å²) in [6.45, 7) is 10.1. The molecule has 0 fully saturated rings. The van der Waals surface area contributed by atoms with Crippen molar-refractivity contribution in [3.8, 4) is 0 Å². The second-order valence-corrected chi connectivity index (χ2v) is 4.50. The maximum Gasteiger partial charge on any atom is 0.0459 e. The lowest BCUT2D eigenvalue weighted by atomic mass is 9.97. The molecule has 0 saturated heterocycles. The average molecular weight is 261 g/mol. The van der Waals surface area contributed by atoms with Crippen molar-refractivity contribution in [1.82, 2.24) is 0 Å². The first-order valence-corrected chi connectivity index (χ1v) is 6.65. The fourth-order valence-electron chi connectivity index (χ4n) is 2.09. The second kappa shape index (κ2) is 6.58. The summed E-state index contributed by atoms with van der Waals surface area (Å²) in [5, 5.41) is 3.30. The topological polar surface area (TPSA) is 12.0 Å². The molecule has 100 valence electrons. The minimum atomic E-state index is 0.987. The van der Waals surface area contributed by atoms with Crippen molar-refractivity contribution in [2.75, 3.05) is 5.32 Å². The molecule has 2 rings (SSSR count). The molecule has 0 bridgehead atoms. The molecule has 1 aliphatic rings. The minimum Gasteiger partial charge on any atom is -0.361 e. The van der Waals surface area contributed by atoms with Gasteiger partial charge in [-0.25, -0.2) is 0 Å². The molecule has 1 aliphatic heterocycles. The maximum atomic E-state index is 4.17. The van der Waals surface area contributed by atoms with Crippen LogP contribution in [-0.4, -0.2) is 0 Å². The van der Waals surface area contributed by atoms with E-state index in [1.54, 1.807) is 0 Å². The van der Waals surface area contributed by atoms with Gasteiger partial charge in [-0.05, 0) is 41.9 Å². The Hall–Kier alpha value is -2.54. The third kappa shape index (κ3) is 3.07. The number of allylic oxidation sites excluding steroid dienone is 9. The lowest BCUT2D eigenvalue weighted by Crippen LogP contribution is -1.97. The highest BCUT2D eigenvalue weighted by Crippen LogP contribution is 2.28. The summed E-state index contributed by atoms with van der Waals surface area (Å²) >= 11 is 0. The van der Waals surface area contributed by atoms with Crippen molar-refractivity contribution in [2.45, 2.75) is 6.92 Å². The first-order chi connectivity index (χ1) is 9.76. The van der Waals surface area contributed by atoms with Crippen LogP contribution in [-0.2, 0) is 0 Å². The zero-order valence-corrected chi connectivity index (χ0v) is 11.8. The zero-order valence-electron chi connectivity index (χ0n) is 11.8. The van der Waals surface area contributed by atoms with Gasteiger partial charge in [0.25, 0.3) is 0 Å². The third-order valence-electron chi connectivity index (χ3n) is 3.13. The molecule has 1 N–H and O–H groups in total. The molecule has 0 atom stereocenters. The van der Waals surface area contributed by atoms with Gasteiger partial charge in [-0.15, -0.1) is 0 Å². The monoisotopic (exact) mass is 261 g/mol. The van der Waals surface area contributed by atoms with E-state index in [0.717, 1.165) is 28.0 Å². The van der Waals surface area contributed by atoms with Crippen LogP contribution >= 0.6 is 0 Å². The Morgan fingerprint density at radius 1 is 1.25 bits per heavy atom. The van der Waals surface area contributed by atoms with Gasteiger partial charge in [0.05, 0.1) is 0 Å². The summed E-state index contributed by atoms with van der Waals surface area (Å²) in [7, 11) is 0. The quantitative estimate of drug-likeness (QED) is 0.732. The van der Waals surface area contributed by atoms with E-state index >= 15 is 0 Å². The molecule has 1 aromatic carbocycles. The molecule has 0 amide bonds. The molecule has 1 heterocycles. The molecule has 1 heteroatoms. The van der Waals surface area contributed by atoms with Crippen LogP contribution in [0.2, 0.25) is 0 Å². The van der Waals surface area contributed by atoms with E-state index in [-0.39, 0.29) is 0 Å². The lowest BCUT2D eigenvalue weighted by Gasteiger charge is -2.14. The molecule has 1 aromatic rings. The van der Waals surface area contributed by atoms with E-state index in [1.165, 1.54) is 0 Å². The van der Waals surface area contributed by atoms with E-state index in [1.807, 2.05) is 61.7 Å². The average Bonchev–Trinajstić information content (AvgIpc) is 2.46. The largest absolute Gasteiger partial charge is 0.361 e. The smallest absolute Gasteiger partial charge is 0.0459 e. The summed E-state index contributed by atoms with van der Waals surface area (Å²) in [5.74, 6) is 0. The van der Waals surface area contributed by atoms with Gasteiger partial charge in [-0.2, -0.15) is 0 Å². The predicted molar refractivity (Wildman–Crippen MR) is 89.4 cm³/mol. The van der Waals surface area contributed by atoms with Crippen molar-refractivity contribution in [3.63, 3.8) is 0 Å². The first kappa shape index (κ1) is 13.9. The van der Waals surface area contributed by atoms with E-state index in [4.69, 9.17) is 0 Å². The van der Waals surface area contributed by atoms with Gasteiger partial charge < -0.3 is 5.32 Å². The van der Waals surface area contributed by atoms with Crippen LogP contribution in [0.15, 0.2) is 91.2 Å². The van der Waals surface area contributed by atoms with Crippen LogP contribution in [0.5, 0.6) is 0 Å². The Morgan fingerprint density at radius 2 is 2.05 bits per heavy atom. The number of nitrogens with one attached hydrogen (secondary N) is 1. The summed E-state index contributed by atoms with van der Waals surface area (Å²) < 4.78 is 0. The summed E-state index contributed by atoms with van der Waals surface area (Å²) in [4.78, 5) is 0. The number of rotatable bonds is 3. The van der Waals surface area contributed by atoms with Gasteiger partial charge in [-0.1, -0.05) is 55.7 Å². The van der Waals surface area contributed by atoms with E-state index in [9.17, 15) is 0 Å². The van der Waals surface area contributed by atoms with Gasteiger partial charge >= 0.3 is 0 Å². The molecule has 1 nitrogen and oxygen atoms in total. The summed E-state index contributed by atoms with van der Waals surface area (Å²) in [6, 6.07) is 8.16. The number of hydrogen-bond donors (Lipinski definition) is 1. The highest BCUT2D eigenvalue weighted by atomic mass is 14.8. The van der Waals surface area contributed by atoms with Crippen molar-refractivity contribution in [2.24, 2.45) is 0 Å². The fraction of sp³-hybridized carbons (Fsp3) is 0.0526. The molecule has 20 heavy (non-hydrogen) atoms. The van der Waals surface area contributed by atoms with Crippen molar-refractivity contribution in [3.05, 3.63) is 96.8 Å². The Balaban J connectivity index is 2.46. The highest BCUT2D eigenvalue weighted by Gasteiger charge is 2.07. The summed E-state index contributed by atoms with van der Waals surface area (Å²) in [5.41, 5.74) is 5.33. The van der Waals surface area contributed by atoms with E-state index in [0.29, 0.717) is 0 Å². The maximum absolute atomic E-state index is 4.17. The lowest BCUT2D eigenvalue weighted by molar-refractivity contribution is 1.47. The van der Waals surface area contributed by atoms with Gasteiger partial charge in [0.2, 0.25) is 0 Å². The molecule has 0 radical (unpaired) electrons. The second-order valence-electron chi connectivity index (χ2n) is 4.50. The van der Waals surface area contributed by atoms with Gasteiger partial charge in [0.15, 0.2) is 0 Å². The normalized spacial score (nSPS) is 19.4. The predicted octanol–water partition coefficient (Wildman–Crippen LogP) is 5.25. The van der Waals surface area contributed by atoms with E-state index in [2.05, 4.69) is 30.6 Å². The van der Waals surface area contributed by atoms with Crippen molar-refractivity contribution < 1.29 is 0 Å². The number of anilines is 1. The standard InChI is InChI=1S/C19H19N/c1-4-6-9-16(5-2)17-12-13-20-19-11-8-7-10-18(19)15(3)14-17/h4-14,20H,2-3H2,1H3/b6-4-,13-12-,16-9+,17-14+. The highest BCUT2D eigenvalue weighted by molar-refractivity contribution is 5.83. The van der Waals surface area contributed by atoms with Crippen LogP contribution in [0.4, 0.5) is 5.69 Å². The number of para-hydroxylation sites is 1. The van der Waals surface area contributed by atoms with Crippen LogP contribution in [0, 0.1) is 0 Å². The molecule has 0 aromatic heterocycles. The van der Waals surface area contributed by atoms with Gasteiger partial charge in [0, 0.05) is 17.5 Å². The first-order valence-electron chi connectivity index (χ1n) is 6.65. The summed E-state index contributed by atoms with van der Waals surface area (Å²) in [6.07, 6.45) is 14.0. The third-order valence-corrected chi connectivity index (χ3v) is 3.13. The van der Waals surface area contributed by atoms with Crippen LogP contribution in [0.1, 0.15) is 12.5 Å². The number of fused-ring (bicyclic) bond motifs is 1. The Morgan fingerprint density at radius 3 is 2.80 bits per heavy atom. The molecule has 0 unspecified atom stereocenters. The number of hydrogen-bond acceptors (Lipinski definition) is 1. The SMILES string of the molecule is C=CC(=C\C=C/C)/C1=C/C(=C)c2ccccc2N/C=C\1. The van der Waals surface area contributed by atoms with Crippen LogP contribution in [0.3, 0.4) is 0 Å². The minimum absolute atomic E-state index is 0.987. The number of benzene rings is 1. The van der Waals surface area contributed by atoms with Crippen LogP contribution < -0.4 is 5.32 Å². The Kier molecular flexibility index (Phi) is 4.56. The molecule has 0 spiro atoms. The van der Waals surface area contributed by atoms with Crippen LogP contribution in [0.25, 0.3) is 5.57 Å². The Labute approximate surface area is 121 Å². The molecular formula is C19H19N. The Bertz CT molecular complexity index is 639. The molecule has 0 aliphatic carbocycles. The van der Waals surface area contributed by atoms with Gasteiger partial charge in [-0.3, -0.25) is 0 Å². The molecular weight excluding hydrogens is 242 g/mol. The van der Waals surface area contributed by atoms with Crippen molar-refractivity contribution >= 4 is 11.3 Å². The van der Waals surface area contributed by atoms with E-state index < -0.39 is 0 Å². The van der Waals surface area contributed by atoms with Gasteiger partial charge in [0.1, 0.15) is 0 Å².